The summed E-state index contributed by atoms with van der Waals surface area (Å²) in [6, 6.07) is 0. The van der Waals surface area contributed by atoms with E-state index in [0.717, 1.165) is 30.9 Å². The predicted octanol–water partition coefficient (Wildman–Crippen LogP) is 3.01. The fraction of sp³-hybridized carbons (Fsp3) is 0.929. The normalized spacial score (nSPS) is 21.4. The highest BCUT2D eigenvalue weighted by Gasteiger charge is 2.53. The van der Waals surface area contributed by atoms with Crippen LogP contribution in [0.15, 0.2) is 4.99 Å². The lowest BCUT2D eigenvalue weighted by Crippen LogP contribution is -2.41. The molecule has 4 heteroatoms. The minimum Gasteiger partial charge on any atom is -0.356 e. The van der Waals surface area contributed by atoms with E-state index < -0.39 is 0 Å². The summed E-state index contributed by atoms with van der Waals surface area (Å²) in [7, 11) is 1.86. The molecule has 0 unspecified atom stereocenters. The Hall–Kier alpha value is 0. The van der Waals surface area contributed by atoms with Crippen molar-refractivity contribution in [3.05, 3.63) is 0 Å². The van der Waals surface area contributed by atoms with E-state index in [0.29, 0.717) is 5.41 Å². The van der Waals surface area contributed by atoms with E-state index in [9.17, 15) is 0 Å². The van der Waals surface area contributed by atoms with Gasteiger partial charge in [-0.2, -0.15) is 0 Å². The molecule has 2 fully saturated rings. The Labute approximate surface area is 129 Å². The standard InChI is InChI=1S/C14H27N3.HI/c1-11(2)6-9-16-13(15-3)17-10-14(7-8-14)12-4-5-12;/h11-12H,4-10H2,1-3H3,(H2,15,16,17);1H. The van der Waals surface area contributed by atoms with Crippen LogP contribution in [0.3, 0.4) is 0 Å². The van der Waals surface area contributed by atoms with Gasteiger partial charge in [-0.15, -0.1) is 24.0 Å². The lowest BCUT2D eigenvalue weighted by atomic mass is 10.0. The highest BCUT2D eigenvalue weighted by molar-refractivity contribution is 14.0. The quantitative estimate of drug-likeness (QED) is 0.431. The van der Waals surface area contributed by atoms with Crippen LogP contribution < -0.4 is 10.6 Å². The zero-order valence-electron chi connectivity index (χ0n) is 12.0. The van der Waals surface area contributed by atoms with Crippen molar-refractivity contribution in [1.29, 1.82) is 0 Å². The van der Waals surface area contributed by atoms with Crippen LogP contribution in [0.25, 0.3) is 0 Å². The molecule has 0 amide bonds. The molecule has 2 N–H and O–H groups in total. The fourth-order valence-electron chi connectivity index (χ4n) is 2.55. The van der Waals surface area contributed by atoms with Crippen LogP contribution >= 0.6 is 24.0 Å². The highest BCUT2D eigenvalue weighted by atomic mass is 127. The number of guanidine groups is 1. The van der Waals surface area contributed by atoms with Gasteiger partial charge in [-0.25, -0.2) is 0 Å². The minimum atomic E-state index is 0. The summed E-state index contributed by atoms with van der Waals surface area (Å²) in [5, 5.41) is 6.91. The summed E-state index contributed by atoms with van der Waals surface area (Å²) in [5.74, 6) is 2.75. The van der Waals surface area contributed by atoms with Crippen LogP contribution in [-0.4, -0.2) is 26.1 Å². The number of halogens is 1. The minimum absolute atomic E-state index is 0. The predicted molar refractivity (Wildman–Crippen MR) is 88.6 cm³/mol. The van der Waals surface area contributed by atoms with Gasteiger partial charge in [-0.05, 0) is 49.4 Å². The molecule has 0 aromatic heterocycles. The zero-order chi connectivity index (χ0) is 12.3. The van der Waals surface area contributed by atoms with Crippen molar-refractivity contribution in [2.75, 3.05) is 20.1 Å². The first kappa shape index (κ1) is 16.1. The van der Waals surface area contributed by atoms with E-state index in [1.54, 1.807) is 0 Å². The molecule has 3 nitrogen and oxygen atoms in total. The summed E-state index contributed by atoms with van der Waals surface area (Å²) in [6.45, 7) is 6.65. The van der Waals surface area contributed by atoms with Gasteiger partial charge in [0.15, 0.2) is 5.96 Å². The first-order valence-corrected chi connectivity index (χ1v) is 7.11. The van der Waals surface area contributed by atoms with Gasteiger partial charge in [0.1, 0.15) is 0 Å². The number of nitrogens with zero attached hydrogens (tertiary/aromatic N) is 1. The van der Waals surface area contributed by atoms with E-state index in [1.807, 2.05) is 7.05 Å². The largest absolute Gasteiger partial charge is 0.356 e. The first-order valence-electron chi connectivity index (χ1n) is 7.11. The molecule has 0 saturated heterocycles. The average molecular weight is 365 g/mol. The van der Waals surface area contributed by atoms with Gasteiger partial charge in [0.25, 0.3) is 0 Å². The fourth-order valence-corrected chi connectivity index (χ4v) is 2.55. The monoisotopic (exact) mass is 365 g/mol. The lowest BCUT2D eigenvalue weighted by molar-refractivity contribution is 0.430. The van der Waals surface area contributed by atoms with Crippen LogP contribution in [0.2, 0.25) is 0 Å². The number of rotatable bonds is 6. The molecule has 106 valence electrons. The Morgan fingerprint density at radius 3 is 2.39 bits per heavy atom. The summed E-state index contributed by atoms with van der Waals surface area (Å²) in [5.41, 5.74) is 0.648. The second-order valence-corrected chi connectivity index (χ2v) is 6.17. The van der Waals surface area contributed by atoms with Crippen molar-refractivity contribution in [3.8, 4) is 0 Å². The summed E-state index contributed by atoms with van der Waals surface area (Å²) in [4.78, 5) is 4.29. The maximum Gasteiger partial charge on any atom is 0.190 e. The first-order chi connectivity index (χ1) is 8.16. The Kier molecular flexibility index (Phi) is 6.21. The van der Waals surface area contributed by atoms with Crippen LogP contribution in [0.4, 0.5) is 0 Å². The van der Waals surface area contributed by atoms with E-state index in [-0.39, 0.29) is 24.0 Å². The SMILES string of the molecule is CN=C(NCCC(C)C)NCC1(C2CC2)CC1.I. The van der Waals surface area contributed by atoms with Crippen LogP contribution in [-0.2, 0) is 0 Å². The molecule has 0 radical (unpaired) electrons. The second-order valence-electron chi connectivity index (χ2n) is 6.17. The average Bonchev–Trinajstić information content (AvgIpc) is 3.15. The third-order valence-corrected chi connectivity index (χ3v) is 4.18. The van der Waals surface area contributed by atoms with Crippen LogP contribution in [0.5, 0.6) is 0 Å². The third-order valence-electron chi connectivity index (χ3n) is 4.18. The highest BCUT2D eigenvalue weighted by Crippen LogP contribution is 2.60. The van der Waals surface area contributed by atoms with Gasteiger partial charge in [0.2, 0.25) is 0 Å². The van der Waals surface area contributed by atoms with E-state index in [4.69, 9.17) is 0 Å². The Morgan fingerprint density at radius 1 is 1.28 bits per heavy atom. The topological polar surface area (TPSA) is 36.4 Å². The molecule has 0 atom stereocenters. The van der Waals surface area contributed by atoms with Crippen molar-refractivity contribution in [2.24, 2.45) is 22.2 Å². The van der Waals surface area contributed by atoms with Gasteiger partial charge in [-0.1, -0.05) is 13.8 Å². The van der Waals surface area contributed by atoms with Gasteiger partial charge in [0, 0.05) is 20.1 Å². The molecule has 2 rings (SSSR count). The molecule has 18 heavy (non-hydrogen) atoms. The van der Waals surface area contributed by atoms with E-state index in [1.165, 1.54) is 32.1 Å². The number of hydrogen-bond donors (Lipinski definition) is 2. The smallest absolute Gasteiger partial charge is 0.190 e. The summed E-state index contributed by atoms with van der Waals surface area (Å²) >= 11 is 0. The number of aliphatic imine (C=N–C) groups is 1. The third kappa shape index (κ3) is 4.59. The number of hydrogen-bond acceptors (Lipinski definition) is 1. The molecule has 0 aromatic rings. The van der Waals surface area contributed by atoms with E-state index >= 15 is 0 Å². The molecule has 0 aromatic carbocycles. The van der Waals surface area contributed by atoms with Gasteiger partial charge < -0.3 is 10.6 Å². The zero-order valence-corrected chi connectivity index (χ0v) is 14.3. The maximum atomic E-state index is 4.29. The van der Waals surface area contributed by atoms with Gasteiger partial charge >= 0.3 is 0 Å². The van der Waals surface area contributed by atoms with Crippen molar-refractivity contribution in [2.45, 2.75) is 46.0 Å². The molecule has 2 aliphatic carbocycles. The molecule has 2 saturated carbocycles. The van der Waals surface area contributed by atoms with Gasteiger partial charge in [0.05, 0.1) is 0 Å². The number of nitrogens with one attached hydrogen (secondary N) is 2. The molecule has 0 heterocycles. The van der Waals surface area contributed by atoms with Crippen LogP contribution in [0, 0.1) is 17.3 Å². The Morgan fingerprint density at radius 2 is 1.94 bits per heavy atom. The molecule has 2 aliphatic rings. The molecular weight excluding hydrogens is 337 g/mol. The Bertz CT molecular complexity index is 281. The van der Waals surface area contributed by atoms with Crippen molar-refractivity contribution < 1.29 is 0 Å². The van der Waals surface area contributed by atoms with E-state index in [2.05, 4.69) is 29.5 Å². The molecular formula is C14H28IN3. The van der Waals surface area contributed by atoms with Crippen molar-refractivity contribution >= 4 is 29.9 Å². The maximum absolute atomic E-state index is 4.29. The summed E-state index contributed by atoms with van der Waals surface area (Å²) in [6.07, 6.45) is 6.97. The lowest BCUT2D eigenvalue weighted by Gasteiger charge is -2.18. The van der Waals surface area contributed by atoms with Crippen molar-refractivity contribution in [1.82, 2.24) is 10.6 Å². The van der Waals surface area contributed by atoms with Crippen LogP contribution in [0.1, 0.15) is 46.0 Å². The molecule has 0 spiro atoms. The summed E-state index contributed by atoms with van der Waals surface area (Å²) < 4.78 is 0. The Balaban J connectivity index is 0.00000162. The van der Waals surface area contributed by atoms with Crippen molar-refractivity contribution in [3.63, 3.8) is 0 Å². The van der Waals surface area contributed by atoms with Gasteiger partial charge in [-0.3, -0.25) is 4.99 Å². The molecule has 0 bridgehead atoms. The second kappa shape index (κ2) is 6.96. The molecule has 0 aliphatic heterocycles.